The highest BCUT2D eigenvalue weighted by atomic mass is 16.4. The lowest BCUT2D eigenvalue weighted by molar-refractivity contribution is 0.0681. The van der Waals surface area contributed by atoms with E-state index in [-0.39, 0.29) is 69.7 Å². The third-order valence-electron chi connectivity index (χ3n) is 17.4. The fourth-order valence-electron chi connectivity index (χ4n) is 13.1. The van der Waals surface area contributed by atoms with Crippen molar-refractivity contribution in [2.45, 2.75) is 25.9 Å². The van der Waals surface area contributed by atoms with Gasteiger partial charge < -0.3 is 41.7 Å². The van der Waals surface area contributed by atoms with Crippen molar-refractivity contribution in [3.05, 3.63) is 285 Å². The van der Waals surface area contributed by atoms with Gasteiger partial charge in [0, 0.05) is 70.0 Å². The second-order valence-corrected chi connectivity index (χ2v) is 22.8. The van der Waals surface area contributed by atoms with Crippen molar-refractivity contribution in [2.24, 2.45) is 0 Å². The summed E-state index contributed by atoms with van der Waals surface area (Å²) in [4.78, 5) is 104. The molecule has 8 N–H and O–H groups in total. The molecule has 94 heavy (non-hydrogen) atoms. The third-order valence-corrected chi connectivity index (χ3v) is 17.4. The van der Waals surface area contributed by atoms with Crippen LogP contribution in [0.3, 0.4) is 0 Å². The molecule has 14 aromatic rings. The van der Waals surface area contributed by atoms with Gasteiger partial charge in [-0.3, -0.25) is 19.2 Å². The summed E-state index contributed by atoms with van der Waals surface area (Å²) >= 11 is 0. The lowest BCUT2D eigenvalue weighted by Crippen LogP contribution is -2.28. The molecule has 0 heterocycles. The molecule has 0 radical (unpaired) electrons. The number of hydrogen-bond donors (Lipinski definition) is 8. The van der Waals surface area contributed by atoms with E-state index in [2.05, 4.69) is 21.3 Å². The summed E-state index contributed by atoms with van der Waals surface area (Å²) < 4.78 is 0. The van der Waals surface area contributed by atoms with E-state index in [1.54, 1.807) is 72.8 Å². The molecule has 4 amide bonds. The van der Waals surface area contributed by atoms with Gasteiger partial charge in [-0.2, -0.15) is 0 Å². The predicted molar refractivity (Wildman–Crippen MR) is 363 cm³/mol. The van der Waals surface area contributed by atoms with Crippen LogP contribution in [0.2, 0.25) is 0 Å². The number of hydrogen-bond acceptors (Lipinski definition) is 8. The number of fused-ring (bicyclic) bond motifs is 4. The summed E-state index contributed by atoms with van der Waals surface area (Å²) in [5.41, 5.74) is 4.83. The first-order valence-corrected chi connectivity index (χ1v) is 30.3. The monoisotopic (exact) mass is 1240 g/mol. The highest BCUT2D eigenvalue weighted by Gasteiger charge is 2.29. The first-order valence-electron chi connectivity index (χ1n) is 30.3. The van der Waals surface area contributed by atoms with E-state index >= 15 is 0 Å². The Morgan fingerprint density at radius 1 is 0.223 bits per heavy atom. The summed E-state index contributed by atoms with van der Waals surface area (Å²) in [6.45, 7) is 1.36. The van der Waals surface area contributed by atoms with Crippen LogP contribution in [0, 0.1) is 0 Å². The van der Waals surface area contributed by atoms with Crippen LogP contribution in [0.25, 0.3) is 86.2 Å². The summed E-state index contributed by atoms with van der Waals surface area (Å²) in [5.74, 6) is -6.32. The molecule has 0 fully saturated rings. The Morgan fingerprint density at radius 3 is 0.660 bits per heavy atom. The van der Waals surface area contributed by atoms with Crippen LogP contribution in [0.5, 0.6) is 0 Å². The minimum atomic E-state index is -1.24. The van der Waals surface area contributed by atoms with Gasteiger partial charge >= 0.3 is 23.9 Å². The Kier molecular flexibility index (Phi) is 16.3. The minimum Gasteiger partial charge on any atom is -0.478 e. The Hall–Kier alpha value is -12.6. The van der Waals surface area contributed by atoms with Gasteiger partial charge in [-0.1, -0.05) is 170 Å². The SMILES string of the molecule is O=C(O)c1ccc2c3ccc(C(=O)NCCc4ccccc4)c4c(C(=O)NCCc5ccccc5)ccc(c5ccc(C(=O)O)c1c25)c43.O=C(O)c1ccc2c3ccc(C(=O)NCc4ccccc4)c4c(C(=O)NCc5ccccc5)ccc(c5ccc(C(=O)O)c1c25)c43. The Labute approximate surface area is 535 Å². The van der Waals surface area contributed by atoms with Crippen molar-refractivity contribution in [3.63, 3.8) is 0 Å². The maximum Gasteiger partial charge on any atom is 0.336 e. The molecule has 14 rings (SSSR count). The minimum absolute atomic E-state index is 0.114. The number of amides is 4. The fourth-order valence-corrected chi connectivity index (χ4v) is 13.1. The second kappa shape index (κ2) is 25.4. The van der Waals surface area contributed by atoms with E-state index in [0.717, 1.165) is 22.3 Å². The number of carbonyl (C=O) groups is 8. The van der Waals surface area contributed by atoms with Crippen LogP contribution in [-0.2, 0) is 25.9 Å². The molecule has 0 unspecified atom stereocenters. The normalized spacial score (nSPS) is 11.3. The molecule has 0 aliphatic carbocycles. The molecule has 0 atom stereocenters. The number of carbonyl (C=O) groups excluding carboxylic acids is 4. The number of rotatable bonds is 18. The van der Waals surface area contributed by atoms with Gasteiger partial charge in [0.1, 0.15) is 0 Å². The number of benzene rings is 14. The Balaban J connectivity index is 0.000000171. The maximum atomic E-state index is 13.9. The first-order chi connectivity index (χ1) is 45.7. The van der Waals surface area contributed by atoms with Crippen LogP contribution in [0.4, 0.5) is 0 Å². The lowest BCUT2D eigenvalue weighted by Gasteiger charge is -2.20. The Bertz CT molecular complexity index is 5090. The summed E-state index contributed by atoms with van der Waals surface area (Å²) in [6.07, 6.45) is 1.27. The van der Waals surface area contributed by atoms with Crippen molar-refractivity contribution in [3.8, 4) is 0 Å². The van der Waals surface area contributed by atoms with Crippen molar-refractivity contribution in [1.82, 2.24) is 21.3 Å². The average Bonchev–Trinajstić information content (AvgIpc) is 0.711. The van der Waals surface area contributed by atoms with Gasteiger partial charge in [0.15, 0.2) is 0 Å². The van der Waals surface area contributed by atoms with Gasteiger partial charge in [-0.15, -0.1) is 0 Å². The quantitative estimate of drug-likeness (QED) is 0.0295. The van der Waals surface area contributed by atoms with Gasteiger partial charge in [0.05, 0.1) is 22.3 Å². The molecule has 0 aliphatic heterocycles. The maximum absolute atomic E-state index is 13.9. The smallest absolute Gasteiger partial charge is 0.336 e. The van der Waals surface area contributed by atoms with Crippen molar-refractivity contribution in [2.75, 3.05) is 13.1 Å². The lowest BCUT2D eigenvalue weighted by atomic mass is 9.84. The third kappa shape index (κ3) is 11.1. The van der Waals surface area contributed by atoms with Crippen LogP contribution in [0.1, 0.15) is 105 Å². The molecule has 16 nitrogen and oxygen atoms in total. The van der Waals surface area contributed by atoms with Gasteiger partial charge in [0.2, 0.25) is 0 Å². The van der Waals surface area contributed by atoms with E-state index in [9.17, 15) is 58.8 Å². The standard InChI is InChI=1S/C40H30N2O6.C38H26N2O6/c43-37(41-21-19-23-7-3-1-4-8-23)29-15-11-25-27-13-17-31(39(45)46)36-32(40(47)48)18-14-28(34(27)36)26-12-16-30(35(29)33(25)26)38(44)42-22-20-24-9-5-2-6-10-24;41-35(39-19-21-7-3-1-4-8-21)27-15-11-23-25-13-17-29(37(43)44)34-30(38(45)46)18-14-26(32(25)34)24-12-16-28(33(27)31(23)24)36(42)40-20-22-9-5-2-6-10-22/h1-18H,19-22H2,(H,41,43)(H,42,44)(H,45,46)(H,47,48);1-18H,19-20H2,(H,39,41)(H,40,42)(H,43,44)(H,45,46). The van der Waals surface area contributed by atoms with E-state index in [1.165, 1.54) is 24.3 Å². The molecule has 14 aromatic carbocycles. The average molecular weight is 1240 g/mol. The molecular formula is C78H56N4O12. The number of carboxylic acid groups (broad SMARTS) is 4. The molecule has 0 saturated heterocycles. The van der Waals surface area contributed by atoms with E-state index in [4.69, 9.17) is 0 Å². The highest BCUT2D eigenvalue weighted by Crippen LogP contribution is 2.46. The van der Waals surface area contributed by atoms with E-state index in [0.29, 0.717) is 124 Å². The Morgan fingerprint density at radius 2 is 0.426 bits per heavy atom. The van der Waals surface area contributed by atoms with Crippen LogP contribution < -0.4 is 21.3 Å². The molecule has 0 spiro atoms. The van der Waals surface area contributed by atoms with Crippen molar-refractivity contribution >= 4 is 134 Å². The largest absolute Gasteiger partial charge is 0.478 e. The zero-order chi connectivity index (χ0) is 65.3. The first kappa shape index (κ1) is 60.4. The van der Waals surface area contributed by atoms with Crippen LogP contribution in [0.15, 0.2) is 218 Å². The summed E-state index contributed by atoms with van der Waals surface area (Å²) in [7, 11) is 0. The number of carboxylic acids is 4. The van der Waals surface area contributed by atoms with Crippen LogP contribution in [-0.4, -0.2) is 81.0 Å². The number of nitrogens with one attached hydrogen (secondary N) is 4. The molecule has 0 aromatic heterocycles. The van der Waals surface area contributed by atoms with Crippen molar-refractivity contribution in [1.29, 1.82) is 0 Å². The molecule has 0 aliphatic rings. The fraction of sp³-hybridized carbons (Fsp3) is 0.0769. The summed E-state index contributed by atoms with van der Waals surface area (Å²) in [5, 5.41) is 60.7. The zero-order valence-electron chi connectivity index (χ0n) is 50.1. The highest BCUT2D eigenvalue weighted by molar-refractivity contribution is 6.40. The van der Waals surface area contributed by atoms with E-state index < -0.39 is 23.9 Å². The predicted octanol–water partition coefficient (Wildman–Crippen LogP) is 14.1. The van der Waals surface area contributed by atoms with Gasteiger partial charge in [0.25, 0.3) is 23.6 Å². The second-order valence-electron chi connectivity index (χ2n) is 22.8. The topological polar surface area (TPSA) is 266 Å². The molecule has 0 bridgehead atoms. The number of aromatic carboxylic acids is 4. The van der Waals surface area contributed by atoms with Crippen molar-refractivity contribution < 1.29 is 58.8 Å². The van der Waals surface area contributed by atoms with E-state index in [1.807, 2.05) is 121 Å². The van der Waals surface area contributed by atoms with Gasteiger partial charge in [-0.25, -0.2) is 19.2 Å². The molecule has 16 heteroatoms. The zero-order valence-corrected chi connectivity index (χ0v) is 50.1. The molecule has 460 valence electrons. The molecule has 0 saturated carbocycles. The van der Waals surface area contributed by atoms with Gasteiger partial charge in [-0.05, 0) is 148 Å². The molecular weight excluding hydrogens is 1180 g/mol. The summed E-state index contributed by atoms with van der Waals surface area (Å²) in [6, 6.07) is 64.8. The van der Waals surface area contributed by atoms with Crippen LogP contribution >= 0.6 is 0 Å².